The molecule has 0 bridgehead atoms. The van der Waals surface area contributed by atoms with E-state index in [1.54, 1.807) is 13.8 Å². The van der Waals surface area contributed by atoms with Crippen LogP contribution in [0.4, 0.5) is 0 Å². The molecule has 6 heteroatoms. The van der Waals surface area contributed by atoms with Gasteiger partial charge >= 0.3 is 0 Å². The first kappa shape index (κ1) is 12.3. The summed E-state index contributed by atoms with van der Waals surface area (Å²) in [7, 11) is 0. The average molecular weight is 235 g/mol. The number of carbonyl (C=O) groups is 1. The van der Waals surface area contributed by atoms with Gasteiger partial charge in [-0.2, -0.15) is 0 Å². The second-order valence-corrected chi connectivity index (χ2v) is 4.98. The molecule has 0 saturated heterocycles. The van der Waals surface area contributed by atoms with Gasteiger partial charge in [0.15, 0.2) is 6.23 Å². The van der Waals surface area contributed by atoms with Gasteiger partial charge in [0.25, 0.3) is 0 Å². The molecule has 2 N–H and O–H groups in total. The van der Waals surface area contributed by atoms with Crippen LogP contribution >= 0.6 is 34.8 Å². The zero-order chi connectivity index (χ0) is 9.94. The smallest absolute Gasteiger partial charge is 0.234 e. The Hall–Kier alpha value is 0.300. The van der Waals surface area contributed by atoms with E-state index in [0.29, 0.717) is 0 Å². The predicted octanol–water partition coefficient (Wildman–Crippen LogP) is 1.45. The Morgan fingerprint density at radius 3 is 2.08 bits per heavy atom. The Morgan fingerprint density at radius 2 is 1.83 bits per heavy atom. The van der Waals surface area contributed by atoms with Crippen molar-refractivity contribution in [2.24, 2.45) is 5.92 Å². The van der Waals surface area contributed by atoms with Gasteiger partial charge in [0, 0.05) is 5.92 Å². The third-order valence-corrected chi connectivity index (χ3v) is 1.73. The SMILES string of the molecule is CC(C)C(=O)NC(O)C(Cl)(Cl)Cl. The van der Waals surface area contributed by atoms with Crippen LogP contribution in [0.1, 0.15) is 13.8 Å². The Kier molecular flexibility index (Phi) is 4.62. The Morgan fingerprint density at radius 1 is 1.42 bits per heavy atom. The molecule has 0 aliphatic rings. The summed E-state index contributed by atoms with van der Waals surface area (Å²) in [4.78, 5) is 11.0. The van der Waals surface area contributed by atoms with E-state index in [1.807, 2.05) is 0 Å². The van der Waals surface area contributed by atoms with Gasteiger partial charge in [-0.3, -0.25) is 4.79 Å². The molecule has 0 aromatic carbocycles. The molecule has 0 rings (SSSR count). The van der Waals surface area contributed by atoms with Gasteiger partial charge in [0.05, 0.1) is 0 Å². The highest BCUT2D eigenvalue weighted by Crippen LogP contribution is 2.28. The van der Waals surface area contributed by atoms with E-state index < -0.39 is 10.0 Å². The van der Waals surface area contributed by atoms with Gasteiger partial charge < -0.3 is 10.4 Å². The fourth-order valence-electron chi connectivity index (χ4n) is 0.383. The lowest BCUT2D eigenvalue weighted by molar-refractivity contribution is -0.126. The van der Waals surface area contributed by atoms with Crippen LogP contribution in [0.3, 0.4) is 0 Å². The number of rotatable bonds is 2. The van der Waals surface area contributed by atoms with Gasteiger partial charge in [-0.15, -0.1) is 0 Å². The van der Waals surface area contributed by atoms with E-state index in [9.17, 15) is 4.79 Å². The fourth-order valence-corrected chi connectivity index (χ4v) is 0.547. The lowest BCUT2D eigenvalue weighted by atomic mass is 10.2. The molecule has 0 aliphatic heterocycles. The lowest BCUT2D eigenvalue weighted by Crippen LogP contribution is -2.45. The van der Waals surface area contributed by atoms with Crippen molar-refractivity contribution in [3.63, 3.8) is 0 Å². The van der Waals surface area contributed by atoms with Crippen LogP contribution in [-0.4, -0.2) is 21.0 Å². The summed E-state index contributed by atoms with van der Waals surface area (Å²) in [5, 5.41) is 11.2. The molecule has 3 nitrogen and oxygen atoms in total. The molecule has 1 unspecified atom stereocenters. The van der Waals surface area contributed by atoms with Crippen molar-refractivity contribution in [3.05, 3.63) is 0 Å². The Labute approximate surface area is 86.0 Å². The second kappa shape index (κ2) is 4.51. The number of hydrogen-bond acceptors (Lipinski definition) is 2. The quantitative estimate of drug-likeness (QED) is 0.561. The topological polar surface area (TPSA) is 49.3 Å². The van der Waals surface area contributed by atoms with Crippen molar-refractivity contribution >= 4 is 40.7 Å². The van der Waals surface area contributed by atoms with Gasteiger partial charge in [-0.05, 0) is 0 Å². The standard InChI is InChI=1S/C6H10Cl3NO2/c1-3(2)4(11)10-5(12)6(7,8)9/h3,5,12H,1-2H3,(H,10,11). The molecule has 1 atom stereocenters. The minimum Gasteiger partial charge on any atom is -0.369 e. The number of halogens is 3. The van der Waals surface area contributed by atoms with Crippen LogP contribution < -0.4 is 5.32 Å². The van der Waals surface area contributed by atoms with Gasteiger partial charge in [0.2, 0.25) is 9.70 Å². The van der Waals surface area contributed by atoms with Crippen LogP contribution in [0.25, 0.3) is 0 Å². The summed E-state index contributed by atoms with van der Waals surface area (Å²) in [5.74, 6) is -0.624. The number of alkyl halides is 3. The summed E-state index contributed by atoms with van der Waals surface area (Å²) >= 11 is 15.9. The number of carbonyl (C=O) groups excluding carboxylic acids is 1. The van der Waals surface area contributed by atoms with Gasteiger partial charge in [0.1, 0.15) is 0 Å². The van der Waals surface area contributed by atoms with Crippen molar-refractivity contribution in [3.8, 4) is 0 Å². The highest BCUT2D eigenvalue weighted by molar-refractivity contribution is 6.68. The van der Waals surface area contributed by atoms with Crippen LogP contribution in [0.15, 0.2) is 0 Å². The Bertz CT molecular complexity index is 167. The second-order valence-electron chi connectivity index (χ2n) is 2.61. The first-order valence-electron chi connectivity index (χ1n) is 3.30. The molecule has 0 fully saturated rings. The molecule has 12 heavy (non-hydrogen) atoms. The summed E-state index contributed by atoms with van der Waals surface area (Å²) in [6.45, 7) is 3.33. The molecule has 0 aromatic heterocycles. The maximum Gasteiger partial charge on any atom is 0.234 e. The molecule has 0 saturated carbocycles. The largest absolute Gasteiger partial charge is 0.369 e. The van der Waals surface area contributed by atoms with Gasteiger partial charge in [-0.1, -0.05) is 48.7 Å². The normalized spacial score (nSPS) is 14.6. The molecule has 1 amide bonds. The third kappa shape index (κ3) is 4.36. The van der Waals surface area contributed by atoms with E-state index >= 15 is 0 Å². The summed E-state index contributed by atoms with van der Waals surface area (Å²) < 4.78 is -1.88. The number of aliphatic hydroxyl groups excluding tert-OH is 1. The first-order valence-corrected chi connectivity index (χ1v) is 4.43. The number of aliphatic hydroxyl groups is 1. The summed E-state index contributed by atoms with van der Waals surface area (Å²) in [6.07, 6.45) is -1.47. The molecule has 0 radical (unpaired) electrons. The van der Waals surface area contributed by atoms with E-state index in [4.69, 9.17) is 39.9 Å². The highest BCUT2D eigenvalue weighted by Gasteiger charge is 2.32. The minimum absolute atomic E-state index is 0.257. The predicted molar refractivity (Wildman–Crippen MR) is 49.3 cm³/mol. The average Bonchev–Trinajstić information content (AvgIpc) is 1.85. The van der Waals surface area contributed by atoms with Crippen LogP contribution in [-0.2, 0) is 4.79 Å². The molecule has 0 aliphatic carbocycles. The van der Waals surface area contributed by atoms with Crippen molar-refractivity contribution in [1.82, 2.24) is 5.32 Å². The lowest BCUT2D eigenvalue weighted by Gasteiger charge is -2.20. The van der Waals surface area contributed by atoms with E-state index in [-0.39, 0.29) is 11.8 Å². The minimum atomic E-state index is -1.88. The van der Waals surface area contributed by atoms with Crippen LogP contribution in [0.2, 0.25) is 0 Å². The van der Waals surface area contributed by atoms with E-state index in [1.165, 1.54) is 0 Å². The van der Waals surface area contributed by atoms with Crippen molar-refractivity contribution in [1.29, 1.82) is 0 Å². The van der Waals surface area contributed by atoms with Gasteiger partial charge in [-0.25, -0.2) is 0 Å². The zero-order valence-electron chi connectivity index (χ0n) is 6.64. The van der Waals surface area contributed by atoms with Crippen molar-refractivity contribution in [2.45, 2.75) is 23.9 Å². The molecule has 0 spiro atoms. The molecular weight excluding hydrogens is 224 g/mol. The third-order valence-electron chi connectivity index (χ3n) is 1.11. The maximum absolute atomic E-state index is 11.0. The Balaban J connectivity index is 4.02. The summed E-state index contributed by atoms with van der Waals surface area (Å²) in [6, 6.07) is 0. The molecule has 0 heterocycles. The maximum atomic E-state index is 11.0. The summed E-state index contributed by atoms with van der Waals surface area (Å²) in [5.41, 5.74) is 0. The van der Waals surface area contributed by atoms with E-state index in [0.717, 1.165) is 0 Å². The van der Waals surface area contributed by atoms with Crippen LogP contribution in [0.5, 0.6) is 0 Å². The monoisotopic (exact) mass is 233 g/mol. The number of nitrogens with one attached hydrogen (secondary N) is 1. The molecule has 72 valence electrons. The van der Waals surface area contributed by atoms with Crippen molar-refractivity contribution in [2.75, 3.05) is 0 Å². The molecular formula is C6H10Cl3NO2. The highest BCUT2D eigenvalue weighted by atomic mass is 35.6. The number of amides is 1. The van der Waals surface area contributed by atoms with Crippen LogP contribution in [0, 0.1) is 5.92 Å². The zero-order valence-corrected chi connectivity index (χ0v) is 8.91. The molecule has 0 aromatic rings. The number of hydrogen-bond donors (Lipinski definition) is 2. The van der Waals surface area contributed by atoms with E-state index in [2.05, 4.69) is 5.32 Å². The fraction of sp³-hybridized carbons (Fsp3) is 0.833. The van der Waals surface area contributed by atoms with Crippen molar-refractivity contribution < 1.29 is 9.90 Å². The first-order chi connectivity index (χ1) is 5.25.